The first kappa shape index (κ1) is 18.2. The standard InChI is InChI=1S/C15H17N3O4S3/c1-10-3-2-4-11(7-10)16-14-17-18-15(24-14)23-8-13(19)22-12-5-6-25(20,21)9-12/h2-4,7,12H,5-6,8-9H2,1H3,(H,16,17)/t12-/m1/s1. The molecule has 134 valence electrons. The zero-order valence-corrected chi connectivity index (χ0v) is 15.9. The van der Waals surface area contributed by atoms with Gasteiger partial charge in [0.05, 0.1) is 17.3 Å². The molecule has 0 spiro atoms. The van der Waals surface area contributed by atoms with Crippen LogP contribution in [0.4, 0.5) is 10.8 Å². The van der Waals surface area contributed by atoms with Gasteiger partial charge < -0.3 is 10.1 Å². The van der Waals surface area contributed by atoms with Crippen molar-refractivity contribution in [1.82, 2.24) is 10.2 Å². The lowest BCUT2D eigenvalue weighted by Crippen LogP contribution is -2.20. The molecular formula is C15H17N3O4S3. The van der Waals surface area contributed by atoms with Gasteiger partial charge in [0.1, 0.15) is 6.10 Å². The van der Waals surface area contributed by atoms with Crippen molar-refractivity contribution in [2.75, 3.05) is 22.6 Å². The Morgan fingerprint density at radius 1 is 1.44 bits per heavy atom. The molecule has 0 radical (unpaired) electrons. The van der Waals surface area contributed by atoms with Gasteiger partial charge in [-0.25, -0.2) is 8.42 Å². The summed E-state index contributed by atoms with van der Waals surface area (Å²) in [7, 11) is -3.05. The van der Waals surface area contributed by atoms with Crippen LogP contribution < -0.4 is 5.32 Å². The molecule has 2 heterocycles. The number of nitrogens with one attached hydrogen (secondary N) is 1. The predicted molar refractivity (Wildman–Crippen MR) is 98.2 cm³/mol. The van der Waals surface area contributed by atoms with E-state index in [-0.39, 0.29) is 17.3 Å². The van der Waals surface area contributed by atoms with Gasteiger partial charge in [0.25, 0.3) is 0 Å². The highest BCUT2D eigenvalue weighted by Crippen LogP contribution is 2.28. The molecule has 1 N–H and O–H groups in total. The number of rotatable bonds is 6. The number of hydrogen-bond acceptors (Lipinski definition) is 9. The zero-order valence-electron chi connectivity index (χ0n) is 13.5. The highest BCUT2D eigenvalue weighted by molar-refractivity contribution is 8.01. The van der Waals surface area contributed by atoms with Crippen molar-refractivity contribution in [3.8, 4) is 0 Å². The first-order chi connectivity index (χ1) is 11.9. The molecule has 0 unspecified atom stereocenters. The van der Waals surface area contributed by atoms with E-state index in [0.717, 1.165) is 11.3 Å². The number of carbonyl (C=O) groups is 1. The number of ether oxygens (including phenoxy) is 1. The van der Waals surface area contributed by atoms with Gasteiger partial charge in [-0.2, -0.15) is 0 Å². The first-order valence-electron chi connectivity index (χ1n) is 7.59. The van der Waals surface area contributed by atoms with Crippen LogP contribution in [0.1, 0.15) is 12.0 Å². The Morgan fingerprint density at radius 3 is 3.00 bits per heavy atom. The quantitative estimate of drug-likeness (QED) is 0.584. The fraction of sp³-hybridized carbons (Fsp3) is 0.400. The van der Waals surface area contributed by atoms with Gasteiger partial charge in [0, 0.05) is 5.69 Å². The van der Waals surface area contributed by atoms with E-state index in [9.17, 15) is 13.2 Å². The number of sulfone groups is 1. The minimum atomic E-state index is -3.05. The number of anilines is 2. The van der Waals surface area contributed by atoms with Crippen LogP contribution in [-0.2, 0) is 19.4 Å². The Balaban J connectivity index is 1.47. The van der Waals surface area contributed by atoms with Gasteiger partial charge in [-0.1, -0.05) is 35.2 Å². The average Bonchev–Trinajstić information content (AvgIpc) is 3.11. The minimum absolute atomic E-state index is 0.0766. The Morgan fingerprint density at radius 2 is 2.28 bits per heavy atom. The maximum absolute atomic E-state index is 11.8. The average molecular weight is 400 g/mol. The Hall–Kier alpha value is -1.65. The molecule has 1 fully saturated rings. The second-order valence-corrected chi connectivity index (χ2v) is 10.1. The van der Waals surface area contributed by atoms with Crippen molar-refractivity contribution >= 4 is 49.7 Å². The molecule has 1 saturated heterocycles. The molecule has 2 aromatic rings. The fourth-order valence-electron chi connectivity index (χ4n) is 2.36. The van der Waals surface area contributed by atoms with Crippen LogP contribution in [0, 0.1) is 6.92 Å². The summed E-state index contributed by atoms with van der Waals surface area (Å²) in [6, 6.07) is 7.90. The van der Waals surface area contributed by atoms with Gasteiger partial charge in [0.2, 0.25) is 5.13 Å². The van der Waals surface area contributed by atoms with Gasteiger partial charge in [-0.15, -0.1) is 10.2 Å². The van der Waals surface area contributed by atoms with Crippen molar-refractivity contribution in [3.63, 3.8) is 0 Å². The summed E-state index contributed by atoms with van der Waals surface area (Å²) in [5.41, 5.74) is 2.07. The summed E-state index contributed by atoms with van der Waals surface area (Å²) in [5.74, 6) is -0.347. The van der Waals surface area contributed by atoms with E-state index in [1.54, 1.807) is 0 Å². The first-order valence-corrected chi connectivity index (χ1v) is 11.2. The van der Waals surface area contributed by atoms with Gasteiger partial charge in [0.15, 0.2) is 14.2 Å². The predicted octanol–water partition coefficient (Wildman–Crippen LogP) is 2.41. The molecule has 1 atom stereocenters. The molecule has 0 bridgehead atoms. The molecule has 0 amide bonds. The number of esters is 1. The van der Waals surface area contributed by atoms with E-state index in [4.69, 9.17) is 4.74 Å². The minimum Gasteiger partial charge on any atom is -0.461 e. The molecule has 1 aliphatic heterocycles. The van der Waals surface area contributed by atoms with Crippen molar-refractivity contribution in [1.29, 1.82) is 0 Å². The monoisotopic (exact) mass is 399 g/mol. The summed E-state index contributed by atoms with van der Waals surface area (Å²) in [6.45, 7) is 2.01. The van der Waals surface area contributed by atoms with E-state index < -0.39 is 21.9 Å². The van der Waals surface area contributed by atoms with Crippen molar-refractivity contribution < 1.29 is 17.9 Å². The normalized spacial score (nSPS) is 18.8. The second kappa shape index (κ2) is 7.71. The summed E-state index contributed by atoms with van der Waals surface area (Å²) in [5, 5.41) is 11.9. The van der Waals surface area contributed by atoms with E-state index >= 15 is 0 Å². The summed E-state index contributed by atoms with van der Waals surface area (Å²) in [4.78, 5) is 11.8. The van der Waals surface area contributed by atoms with Gasteiger partial charge in [-0.05, 0) is 31.0 Å². The third-order valence-corrected chi connectivity index (χ3v) is 7.16. The van der Waals surface area contributed by atoms with Crippen LogP contribution in [0.3, 0.4) is 0 Å². The number of aromatic nitrogens is 2. The number of hydrogen-bond donors (Lipinski definition) is 1. The lowest BCUT2D eigenvalue weighted by Gasteiger charge is -2.09. The number of nitrogens with zero attached hydrogens (tertiary/aromatic N) is 2. The number of thioether (sulfide) groups is 1. The summed E-state index contributed by atoms with van der Waals surface area (Å²) < 4.78 is 28.5. The topological polar surface area (TPSA) is 98.2 Å². The molecule has 1 aromatic heterocycles. The van der Waals surface area contributed by atoms with Crippen LogP contribution in [0.2, 0.25) is 0 Å². The fourth-order valence-corrected chi connectivity index (χ4v) is 5.50. The lowest BCUT2D eigenvalue weighted by atomic mass is 10.2. The molecule has 1 aromatic carbocycles. The highest BCUT2D eigenvalue weighted by Gasteiger charge is 2.30. The van der Waals surface area contributed by atoms with Gasteiger partial charge in [-0.3, -0.25) is 4.79 Å². The number of benzene rings is 1. The van der Waals surface area contributed by atoms with E-state index in [0.29, 0.717) is 15.9 Å². The van der Waals surface area contributed by atoms with Gasteiger partial charge >= 0.3 is 5.97 Å². The highest BCUT2D eigenvalue weighted by atomic mass is 32.2. The maximum atomic E-state index is 11.8. The second-order valence-electron chi connectivity index (χ2n) is 5.67. The molecule has 1 aliphatic rings. The molecule has 3 rings (SSSR count). The summed E-state index contributed by atoms with van der Waals surface area (Å²) >= 11 is 2.57. The third kappa shape index (κ3) is 5.41. The van der Waals surface area contributed by atoms with E-state index in [1.165, 1.54) is 23.1 Å². The van der Waals surface area contributed by atoms with Crippen LogP contribution in [-0.4, -0.2) is 47.9 Å². The zero-order chi connectivity index (χ0) is 17.9. The van der Waals surface area contributed by atoms with Crippen LogP contribution >= 0.6 is 23.1 Å². The van der Waals surface area contributed by atoms with E-state index in [1.807, 2.05) is 31.2 Å². The van der Waals surface area contributed by atoms with Crippen molar-refractivity contribution in [2.24, 2.45) is 0 Å². The van der Waals surface area contributed by atoms with Crippen LogP contribution in [0.25, 0.3) is 0 Å². The maximum Gasteiger partial charge on any atom is 0.316 e. The number of aryl methyl sites for hydroxylation is 1. The Labute approximate surface area is 154 Å². The molecule has 10 heteroatoms. The Kier molecular flexibility index (Phi) is 5.60. The largest absolute Gasteiger partial charge is 0.461 e. The van der Waals surface area contributed by atoms with Crippen LogP contribution in [0.15, 0.2) is 28.6 Å². The Bertz CT molecular complexity index is 866. The smallest absolute Gasteiger partial charge is 0.316 e. The molecular weight excluding hydrogens is 382 g/mol. The molecule has 0 saturated carbocycles. The molecule has 0 aliphatic carbocycles. The van der Waals surface area contributed by atoms with E-state index in [2.05, 4.69) is 15.5 Å². The third-order valence-electron chi connectivity index (χ3n) is 3.48. The lowest BCUT2D eigenvalue weighted by molar-refractivity contribution is -0.144. The molecule has 25 heavy (non-hydrogen) atoms. The number of carbonyl (C=O) groups excluding carboxylic acids is 1. The van der Waals surface area contributed by atoms with Crippen molar-refractivity contribution in [2.45, 2.75) is 23.8 Å². The SMILES string of the molecule is Cc1cccc(Nc2nnc(SCC(=O)O[C@@H]3CCS(=O)(=O)C3)s2)c1. The van der Waals surface area contributed by atoms with Crippen molar-refractivity contribution in [3.05, 3.63) is 29.8 Å². The molecule has 7 nitrogen and oxygen atoms in total. The summed E-state index contributed by atoms with van der Waals surface area (Å²) in [6.07, 6.45) is -0.145. The van der Waals surface area contributed by atoms with Crippen LogP contribution in [0.5, 0.6) is 0 Å².